The molecule has 0 amide bonds. The summed E-state index contributed by atoms with van der Waals surface area (Å²) in [5.74, 6) is 1.04. The van der Waals surface area contributed by atoms with Crippen molar-refractivity contribution in [2.45, 2.75) is 38.2 Å². The number of fused-ring (bicyclic) bond motifs is 1. The van der Waals surface area contributed by atoms with E-state index >= 15 is 0 Å². The van der Waals surface area contributed by atoms with Crippen molar-refractivity contribution in [1.29, 1.82) is 0 Å². The van der Waals surface area contributed by atoms with Gasteiger partial charge in [0.05, 0.1) is 11.3 Å². The van der Waals surface area contributed by atoms with Gasteiger partial charge in [-0.25, -0.2) is 0 Å². The van der Waals surface area contributed by atoms with E-state index in [-0.39, 0.29) is 0 Å². The molecule has 1 N–H and O–H groups in total. The van der Waals surface area contributed by atoms with Gasteiger partial charge in [0.25, 0.3) is 0 Å². The van der Waals surface area contributed by atoms with E-state index in [1.807, 2.05) is 17.9 Å². The van der Waals surface area contributed by atoms with E-state index in [9.17, 15) is 5.11 Å². The Hall–Kier alpha value is -0.830. The van der Waals surface area contributed by atoms with Crippen molar-refractivity contribution in [2.75, 3.05) is 0 Å². The molecule has 0 aromatic carbocycles. The number of rotatable bonds is 2. The molecule has 0 aliphatic heterocycles. The van der Waals surface area contributed by atoms with Crippen LogP contribution < -0.4 is 0 Å². The highest BCUT2D eigenvalue weighted by atomic mass is 16.3. The summed E-state index contributed by atoms with van der Waals surface area (Å²) < 4.78 is 1.83. The van der Waals surface area contributed by atoms with Crippen molar-refractivity contribution in [1.82, 2.24) is 9.78 Å². The van der Waals surface area contributed by atoms with Crippen molar-refractivity contribution < 1.29 is 5.11 Å². The second kappa shape index (κ2) is 2.85. The minimum absolute atomic E-state index is 0.516. The van der Waals surface area contributed by atoms with Crippen LogP contribution in [0.1, 0.15) is 37.4 Å². The van der Waals surface area contributed by atoms with Crippen molar-refractivity contribution in [3.8, 4) is 0 Å². The fraction of sp³-hybridized carbons (Fsp3) is 0.750. The lowest BCUT2D eigenvalue weighted by atomic mass is 9.99. The van der Waals surface area contributed by atoms with Crippen LogP contribution in [-0.2, 0) is 19.1 Å². The Balaban J connectivity index is 1.99. The first kappa shape index (κ1) is 9.40. The molecule has 2 aliphatic carbocycles. The molecule has 1 aromatic rings. The van der Waals surface area contributed by atoms with Gasteiger partial charge in [-0.1, -0.05) is 13.3 Å². The first-order valence-corrected chi connectivity index (χ1v) is 5.93. The van der Waals surface area contributed by atoms with Gasteiger partial charge >= 0.3 is 0 Å². The van der Waals surface area contributed by atoms with Crippen LogP contribution in [-0.4, -0.2) is 14.9 Å². The first-order valence-electron chi connectivity index (χ1n) is 5.93. The molecule has 1 heterocycles. The lowest BCUT2D eigenvalue weighted by Gasteiger charge is -2.13. The molecule has 2 unspecified atom stereocenters. The molecule has 3 heteroatoms. The van der Waals surface area contributed by atoms with E-state index < -0.39 is 5.60 Å². The monoisotopic (exact) mass is 206 g/mol. The van der Waals surface area contributed by atoms with Gasteiger partial charge < -0.3 is 5.11 Å². The minimum Gasteiger partial charge on any atom is -0.384 e. The molecule has 1 aromatic heterocycles. The molecule has 2 saturated carbocycles. The van der Waals surface area contributed by atoms with E-state index in [0.717, 1.165) is 17.7 Å². The standard InChI is InChI=1S/C12H18N2O/c1-3-11-10(7-14(2)13-11)12(15)8-5-4-6-9(8)12/h7-9,15H,3-6H2,1-2H3. The maximum Gasteiger partial charge on any atom is 0.0993 e. The van der Waals surface area contributed by atoms with E-state index in [0.29, 0.717) is 11.8 Å². The number of aliphatic hydroxyl groups is 1. The summed E-state index contributed by atoms with van der Waals surface area (Å²) >= 11 is 0. The predicted octanol–water partition coefficient (Wildman–Crippen LogP) is 1.60. The van der Waals surface area contributed by atoms with Gasteiger partial charge in [0.2, 0.25) is 0 Å². The Labute approximate surface area is 90.1 Å². The highest BCUT2D eigenvalue weighted by molar-refractivity contribution is 5.35. The van der Waals surface area contributed by atoms with Crippen LogP contribution in [0.2, 0.25) is 0 Å². The molecule has 3 rings (SSSR count). The van der Waals surface area contributed by atoms with E-state index in [1.54, 1.807) is 0 Å². The third-order valence-corrected chi connectivity index (χ3v) is 4.21. The summed E-state index contributed by atoms with van der Waals surface area (Å²) in [5.41, 5.74) is 1.66. The molecule has 2 aliphatic rings. The normalized spacial score (nSPS) is 38.1. The zero-order chi connectivity index (χ0) is 10.6. The smallest absolute Gasteiger partial charge is 0.0993 e. The third-order valence-electron chi connectivity index (χ3n) is 4.21. The van der Waals surface area contributed by atoms with Gasteiger partial charge in [0.1, 0.15) is 0 Å². The zero-order valence-electron chi connectivity index (χ0n) is 9.40. The summed E-state index contributed by atoms with van der Waals surface area (Å²) in [7, 11) is 1.93. The fourth-order valence-electron chi connectivity index (χ4n) is 3.45. The molecule has 2 atom stereocenters. The highest BCUT2D eigenvalue weighted by Crippen LogP contribution is 2.66. The number of aromatic nitrogens is 2. The summed E-state index contributed by atoms with van der Waals surface area (Å²) in [6.45, 7) is 2.10. The molecule has 82 valence electrons. The molecular formula is C12H18N2O. The lowest BCUT2D eigenvalue weighted by Crippen LogP contribution is -2.14. The fourth-order valence-corrected chi connectivity index (χ4v) is 3.45. The van der Waals surface area contributed by atoms with Gasteiger partial charge in [-0.2, -0.15) is 5.10 Å². The van der Waals surface area contributed by atoms with E-state index in [1.165, 1.54) is 19.3 Å². The van der Waals surface area contributed by atoms with Crippen LogP contribution in [0.25, 0.3) is 0 Å². The molecule has 0 saturated heterocycles. The van der Waals surface area contributed by atoms with Crippen molar-refractivity contribution >= 4 is 0 Å². The quantitative estimate of drug-likeness (QED) is 0.798. The highest BCUT2D eigenvalue weighted by Gasteiger charge is 2.67. The second-order valence-corrected chi connectivity index (χ2v) is 4.99. The zero-order valence-corrected chi connectivity index (χ0v) is 9.40. The maximum atomic E-state index is 10.7. The van der Waals surface area contributed by atoms with Crippen LogP contribution in [0.5, 0.6) is 0 Å². The maximum absolute atomic E-state index is 10.7. The predicted molar refractivity (Wildman–Crippen MR) is 57.3 cm³/mol. The minimum atomic E-state index is -0.516. The number of nitrogens with zero attached hydrogens (tertiary/aromatic N) is 2. The summed E-state index contributed by atoms with van der Waals surface area (Å²) in [6, 6.07) is 0. The number of aryl methyl sites for hydroxylation is 2. The lowest BCUT2D eigenvalue weighted by molar-refractivity contribution is 0.104. The van der Waals surface area contributed by atoms with Gasteiger partial charge in [-0.3, -0.25) is 4.68 Å². The van der Waals surface area contributed by atoms with Gasteiger partial charge in [0, 0.05) is 18.8 Å². The van der Waals surface area contributed by atoms with Crippen LogP contribution in [0, 0.1) is 11.8 Å². The van der Waals surface area contributed by atoms with Gasteiger partial charge in [0.15, 0.2) is 0 Å². The van der Waals surface area contributed by atoms with Crippen LogP contribution >= 0.6 is 0 Å². The van der Waals surface area contributed by atoms with Crippen LogP contribution in [0.3, 0.4) is 0 Å². The molecule has 0 radical (unpaired) electrons. The van der Waals surface area contributed by atoms with Crippen molar-refractivity contribution in [2.24, 2.45) is 18.9 Å². The average Bonchev–Trinajstić information content (AvgIpc) is 2.69. The van der Waals surface area contributed by atoms with E-state index in [4.69, 9.17) is 0 Å². The molecule has 15 heavy (non-hydrogen) atoms. The Morgan fingerprint density at radius 2 is 2.20 bits per heavy atom. The Kier molecular flexibility index (Phi) is 1.78. The molecule has 0 spiro atoms. The largest absolute Gasteiger partial charge is 0.384 e. The summed E-state index contributed by atoms with van der Waals surface area (Å²) in [4.78, 5) is 0. The van der Waals surface area contributed by atoms with E-state index in [2.05, 4.69) is 12.0 Å². The SMILES string of the molecule is CCc1nn(C)cc1C1(O)C2CCCC21. The Bertz CT molecular complexity index is 386. The van der Waals surface area contributed by atoms with Gasteiger partial charge in [-0.05, 0) is 31.1 Å². The molecule has 3 nitrogen and oxygen atoms in total. The first-order chi connectivity index (χ1) is 7.17. The molecule has 0 bridgehead atoms. The number of hydrogen-bond acceptors (Lipinski definition) is 2. The molecular weight excluding hydrogens is 188 g/mol. The number of hydrogen-bond donors (Lipinski definition) is 1. The Morgan fingerprint density at radius 1 is 1.53 bits per heavy atom. The second-order valence-electron chi connectivity index (χ2n) is 4.99. The Morgan fingerprint density at radius 3 is 2.80 bits per heavy atom. The van der Waals surface area contributed by atoms with Crippen molar-refractivity contribution in [3.05, 3.63) is 17.5 Å². The topological polar surface area (TPSA) is 38.0 Å². The summed E-state index contributed by atoms with van der Waals surface area (Å²) in [5, 5.41) is 15.1. The third kappa shape index (κ3) is 1.07. The molecule has 2 fully saturated rings. The van der Waals surface area contributed by atoms with Crippen LogP contribution in [0.4, 0.5) is 0 Å². The van der Waals surface area contributed by atoms with Gasteiger partial charge in [-0.15, -0.1) is 0 Å². The summed E-state index contributed by atoms with van der Waals surface area (Å²) in [6.07, 6.45) is 6.60. The van der Waals surface area contributed by atoms with Crippen LogP contribution in [0.15, 0.2) is 6.20 Å². The van der Waals surface area contributed by atoms with Crippen molar-refractivity contribution in [3.63, 3.8) is 0 Å². The average molecular weight is 206 g/mol.